The van der Waals surface area contributed by atoms with Crippen LogP contribution in [-0.4, -0.2) is 41.6 Å². The summed E-state index contributed by atoms with van der Waals surface area (Å²) < 4.78 is 26.7. The molecule has 0 aromatic rings. The van der Waals surface area contributed by atoms with Crippen LogP contribution >= 0.6 is 0 Å². The summed E-state index contributed by atoms with van der Waals surface area (Å²) in [6.45, 7) is 0. The van der Waals surface area contributed by atoms with E-state index in [2.05, 4.69) is 0 Å². The number of carboxylic acid groups (broad SMARTS) is 1. The number of nitrogens with zero attached hydrogens (tertiary/aromatic N) is 1. The summed E-state index contributed by atoms with van der Waals surface area (Å²) in [5, 5.41) is 9.20. The molecule has 3 rings (SSSR count). The fourth-order valence-electron chi connectivity index (χ4n) is 4.36. The van der Waals surface area contributed by atoms with E-state index in [0.717, 1.165) is 25.7 Å². The Morgan fingerprint density at radius 1 is 1.15 bits per heavy atom. The fourth-order valence-corrected chi connectivity index (χ4v) is 6.51. The maximum atomic E-state index is 12.6. The van der Waals surface area contributed by atoms with Crippen LogP contribution in [0.1, 0.15) is 51.4 Å². The highest BCUT2D eigenvalue weighted by Gasteiger charge is 2.53. The largest absolute Gasteiger partial charge is 0.481 e. The molecule has 114 valence electrons. The molecule has 1 N–H and O–H groups in total. The average Bonchev–Trinajstić information content (AvgIpc) is 3.11. The Balaban J connectivity index is 1.67. The molecule has 2 bridgehead atoms. The van der Waals surface area contributed by atoms with Crippen molar-refractivity contribution in [3.63, 3.8) is 0 Å². The second kappa shape index (κ2) is 5.30. The Morgan fingerprint density at radius 2 is 1.85 bits per heavy atom. The first-order chi connectivity index (χ1) is 9.49. The van der Waals surface area contributed by atoms with Crippen molar-refractivity contribution in [1.82, 2.24) is 4.31 Å². The van der Waals surface area contributed by atoms with E-state index < -0.39 is 21.9 Å². The Labute approximate surface area is 120 Å². The van der Waals surface area contributed by atoms with Crippen LogP contribution in [0.25, 0.3) is 0 Å². The van der Waals surface area contributed by atoms with Crippen LogP contribution in [0.5, 0.6) is 0 Å². The van der Waals surface area contributed by atoms with E-state index in [-0.39, 0.29) is 17.8 Å². The van der Waals surface area contributed by atoms with E-state index in [0.29, 0.717) is 18.8 Å². The molecular formula is C14H23NO4S. The number of carbonyl (C=O) groups is 1. The van der Waals surface area contributed by atoms with Gasteiger partial charge in [-0.2, -0.15) is 4.31 Å². The quantitative estimate of drug-likeness (QED) is 0.840. The molecule has 0 spiro atoms. The minimum Gasteiger partial charge on any atom is -0.481 e. The van der Waals surface area contributed by atoms with Crippen LogP contribution in [0.3, 0.4) is 0 Å². The average molecular weight is 301 g/mol. The first-order valence-corrected chi connectivity index (χ1v) is 9.34. The van der Waals surface area contributed by atoms with Crippen LogP contribution in [0.15, 0.2) is 0 Å². The maximum absolute atomic E-state index is 12.6. The molecule has 2 aliphatic heterocycles. The van der Waals surface area contributed by atoms with E-state index in [1.807, 2.05) is 0 Å². The highest BCUT2D eigenvalue weighted by molar-refractivity contribution is 7.89. The summed E-state index contributed by atoms with van der Waals surface area (Å²) in [5.41, 5.74) is 0. The molecule has 3 atom stereocenters. The van der Waals surface area contributed by atoms with Crippen molar-refractivity contribution < 1.29 is 18.3 Å². The standard InChI is InChI=1S/C14H23NO4S/c16-14(17)12-9-11-5-6-13(12)15(11)20(18,19)8-7-10-3-1-2-4-10/h10-13H,1-9H2,(H,16,17). The lowest BCUT2D eigenvalue weighted by Gasteiger charge is -2.23. The maximum Gasteiger partial charge on any atom is 0.308 e. The number of fused-ring (bicyclic) bond motifs is 2. The zero-order valence-corrected chi connectivity index (χ0v) is 12.5. The van der Waals surface area contributed by atoms with Crippen molar-refractivity contribution in [3.05, 3.63) is 0 Å². The molecule has 5 nitrogen and oxygen atoms in total. The van der Waals surface area contributed by atoms with Crippen LogP contribution in [-0.2, 0) is 14.8 Å². The second-order valence-corrected chi connectivity index (χ2v) is 8.56. The molecule has 2 saturated heterocycles. The van der Waals surface area contributed by atoms with E-state index in [9.17, 15) is 18.3 Å². The Kier molecular flexibility index (Phi) is 3.79. The van der Waals surface area contributed by atoms with Crippen molar-refractivity contribution in [2.75, 3.05) is 5.75 Å². The molecule has 3 fully saturated rings. The minimum atomic E-state index is -3.28. The molecular weight excluding hydrogens is 278 g/mol. The molecule has 0 amide bonds. The number of aliphatic carboxylic acids is 1. The third-order valence-corrected chi connectivity index (χ3v) is 7.33. The summed E-state index contributed by atoms with van der Waals surface area (Å²) in [5.74, 6) is -0.569. The number of hydrogen-bond acceptors (Lipinski definition) is 3. The monoisotopic (exact) mass is 301 g/mol. The molecule has 20 heavy (non-hydrogen) atoms. The van der Waals surface area contributed by atoms with Crippen LogP contribution in [0, 0.1) is 11.8 Å². The van der Waals surface area contributed by atoms with Gasteiger partial charge in [0.15, 0.2) is 0 Å². The molecule has 1 aliphatic carbocycles. The topological polar surface area (TPSA) is 74.7 Å². The molecule has 0 aromatic heterocycles. The second-order valence-electron chi connectivity index (χ2n) is 6.56. The lowest BCUT2D eigenvalue weighted by molar-refractivity contribution is -0.142. The predicted octanol–water partition coefficient (Wildman–Crippen LogP) is 1.83. The van der Waals surface area contributed by atoms with Gasteiger partial charge in [-0.05, 0) is 31.6 Å². The first-order valence-electron chi connectivity index (χ1n) is 7.73. The lowest BCUT2D eigenvalue weighted by Crippen LogP contribution is -2.39. The zero-order valence-electron chi connectivity index (χ0n) is 11.7. The molecule has 3 aliphatic rings. The van der Waals surface area contributed by atoms with E-state index >= 15 is 0 Å². The first kappa shape index (κ1) is 14.3. The van der Waals surface area contributed by atoms with Gasteiger partial charge in [0, 0.05) is 12.1 Å². The normalized spacial score (nSPS) is 34.9. The number of carboxylic acids is 1. The Bertz CT molecular complexity index is 483. The van der Waals surface area contributed by atoms with Gasteiger partial charge in [0.25, 0.3) is 0 Å². The van der Waals surface area contributed by atoms with Crippen molar-refractivity contribution in [2.45, 2.75) is 63.5 Å². The van der Waals surface area contributed by atoms with Gasteiger partial charge in [-0.15, -0.1) is 0 Å². The van der Waals surface area contributed by atoms with Gasteiger partial charge in [0.1, 0.15) is 0 Å². The molecule has 0 aromatic carbocycles. The van der Waals surface area contributed by atoms with Gasteiger partial charge < -0.3 is 5.11 Å². The fraction of sp³-hybridized carbons (Fsp3) is 0.929. The van der Waals surface area contributed by atoms with Crippen molar-refractivity contribution in [2.24, 2.45) is 11.8 Å². The van der Waals surface area contributed by atoms with Crippen LogP contribution < -0.4 is 0 Å². The SMILES string of the molecule is O=C(O)C1CC2CCC1N2S(=O)(=O)CCC1CCCC1. The van der Waals surface area contributed by atoms with Crippen molar-refractivity contribution in [1.29, 1.82) is 0 Å². The number of rotatable bonds is 5. The zero-order chi connectivity index (χ0) is 14.3. The Hall–Kier alpha value is -0.620. The Morgan fingerprint density at radius 3 is 2.45 bits per heavy atom. The van der Waals surface area contributed by atoms with Gasteiger partial charge in [-0.1, -0.05) is 25.7 Å². The third kappa shape index (κ3) is 2.48. The smallest absolute Gasteiger partial charge is 0.308 e. The van der Waals surface area contributed by atoms with E-state index in [4.69, 9.17) is 0 Å². The lowest BCUT2D eigenvalue weighted by atomic mass is 9.89. The van der Waals surface area contributed by atoms with E-state index in [1.165, 1.54) is 12.8 Å². The molecule has 3 unspecified atom stereocenters. The molecule has 6 heteroatoms. The minimum absolute atomic E-state index is 0.0605. The van der Waals surface area contributed by atoms with Gasteiger partial charge in [-0.25, -0.2) is 8.42 Å². The molecule has 1 saturated carbocycles. The van der Waals surface area contributed by atoms with Crippen molar-refractivity contribution in [3.8, 4) is 0 Å². The number of hydrogen-bond donors (Lipinski definition) is 1. The van der Waals surface area contributed by atoms with Gasteiger partial charge >= 0.3 is 5.97 Å². The predicted molar refractivity (Wildman–Crippen MR) is 74.8 cm³/mol. The highest BCUT2D eigenvalue weighted by atomic mass is 32.2. The summed E-state index contributed by atoms with van der Waals surface area (Å²) in [7, 11) is -3.28. The van der Waals surface area contributed by atoms with Gasteiger partial charge in [-0.3, -0.25) is 4.79 Å². The summed E-state index contributed by atoms with van der Waals surface area (Å²) in [6, 6.07) is -0.347. The van der Waals surface area contributed by atoms with E-state index in [1.54, 1.807) is 4.31 Å². The third-order valence-electron chi connectivity index (χ3n) is 5.37. The summed E-state index contributed by atoms with van der Waals surface area (Å²) in [6.07, 6.45) is 7.54. The van der Waals surface area contributed by atoms with Crippen molar-refractivity contribution >= 4 is 16.0 Å². The molecule has 2 heterocycles. The molecule has 0 radical (unpaired) electrons. The summed E-state index contributed by atoms with van der Waals surface area (Å²) >= 11 is 0. The van der Waals surface area contributed by atoms with Gasteiger partial charge in [0.2, 0.25) is 10.0 Å². The van der Waals surface area contributed by atoms with Crippen LogP contribution in [0.2, 0.25) is 0 Å². The summed E-state index contributed by atoms with van der Waals surface area (Å²) in [4.78, 5) is 11.2. The highest BCUT2D eigenvalue weighted by Crippen LogP contribution is 2.44. The van der Waals surface area contributed by atoms with Gasteiger partial charge in [0.05, 0.1) is 11.7 Å². The number of sulfonamides is 1. The van der Waals surface area contributed by atoms with Crippen LogP contribution in [0.4, 0.5) is 0 Å².